The topological polar surface area (TPSA) is 0 Å². The summed E-state index contributed by atoms with van der Waals surface area (Å²) in [5.74, 6) is 0.565. The predicted octanol–water partition coefficient (Wildman–Crippen LogP) is 7.72. The molecule has 3 aliphatic carbocycles. The molecule has 0 radical (unpaired) electrons. The minimum absolute atomic E-state index is 0.282. The first-order valence-electron chi connectivity index (χ1n) is 13.8. The second kappa shape index (κ2) is 8.57. The number of rotatable bonds is 2. The van der Waals surface area contributed by atoms with Crippen LogP contribution in [0.1, 0.15) is 28.7 Å². The van der Waals surface area contributed by atoms with Crippen molar-refractivity contribution in [3.63, 3.8) is 0 Å². The van der Waals surface area contributed by atoms with Gasteiger partial charge in [-0.15, -0.1) is 0 Å². The Balaban J connectivity index is 1.55. The maximum atomic E-state index is 2.51. The Hall–Kier alpha value is -4.42. The zero-order chi connectivity index (χ0) is 25.1. The van der Waals surface area contributed by atoms with Crippen LogP contribution in [0.2, 0.25) is 0 Å². The van der Waals surface area contributed by atoms with Crippen LogP contribution in [0.25, 0.3) is 38.8 Å². The highest BCUT2D eigenvalue weighted by atomic mass is 14.4. The molecule has 0 aromatic heterocycles. The Labute approximate surface area is 223 Å². The maximum absolute atomic E-state index is 2.51. The molecule has 0 saturated heterocycles. The van der Waals surface area contributed by atoms with E-state index in [-0.39, 0.29) is 11.8 Å². The molecule has 0 heteroatoms. The molecule has 0 fully saturated rings. The van der Waals surface area contributed by atoms with Gasteiger partial charge in [0.05, 0.1) is 0 Å². The number of fused-ring (bicyclic) bond motifs is 6. The molecular formula is C38H28. The van der Waals surface area contributed by atoms with Crippen LogP contribution in [0, 0.1) is 11.8 Å². The first kappa shape index (κ1) is 21.6. The van der Waals surface area contributed by atoms with Crippen LogP contribution in [0.4, 0.5) is 0 Å². The summed E-state index contributed by atoms with van der Waals surface area (Å²) in [5, 5.41) is 8.09. The van der Waals surface area contributed by atoms with Crippen LogP contribution in [-0.2, 0) is 6.42 Å². The van der Waals surface area contributed by atoms with Crippen molar-refractivity contribution in [2.75, 3.05) is 0 Å². The highest BCUT2D eigenvalue weighted by molar-refractivity contribution is 6.02. The van der Waals surface area contributed by atoms with Crippen molar-refractivity contribution in [2.24, 2.45) is 11.8 Å². The standard InChI is InChI=1S/C38H28/c1-3-15-27-25(12-1)14-11-23-31(27)37-32-19-7-9-21-34(32)38(35-22-10-8-20-33(35)37)36-24-26-13-2-4-16-28(26)29-17-5-6-18-30(29)36/h1,3-12,14-24,32,34H,2,13H2. The largest absolute Gasteiger partial charge is 0.0836 e. The van der Waals surface area contributed by atoms with Crippen molar-refractivity contribution in [3.8, 4) is 0 Å². The van der Waals surface area contributed by atoms with Gasteiger partial charge in [0, 0.05) is 11.8 Å². The Morgan fingerprint density at radius 3 is 1.97 bits per heavy atom. The number of hydrogen-bond acceptors (Lipinski definition) is 0. The summed E-state index contributed by atoms with van der Waals surface area (Å²) in [6, 6.07) is 36.2. The summed E-state index contributed by atoms with van der Waals surface area (Å²) in [6.07, 6.45) is 16.2. The molecule has 0 aliphatic heterocycles. The monoisotopic (exact) mass is 484 g/mol. The maximum Gasteiger partial charge on any atom is 0.0137 e. The van der Waals surface area contributed by atoms with Gasteiger partial charge in [-0.05, 0) is 78.2 Å². The fraction of sp³-hybridized carbons (Fsp3) is 0.105. The van der Waals surface area contributed by atoms with Crippen molar-refractivity contribution >= 4 is 38.8 Å². The second-order valence-corrected chi connectivity index (χ2v) is 10.7. The van der Waals surface area contributed by atoms with Crippen molar-refractivity contribution < 1.29 is 0 Å². The number of aryl methyl sites for hydroxylation is 1. The third-order valence-electron chi connectivity index (χ3n) is 8.72. The zero-order valence-corrected chi connectivity index (χ0v) is 21.3. The highest BCUT2D eigenvalue weighted by Gasteiger charge is 2.33. The summed E-state index contributed by atoms with van der Waals surface area (Å²) in [4.78, 5) is 0. The predicted molar refractivity (Wildman–Crippen MR) is 161 cm³/mol. The van der Waals surface area contributed by atoms with Gasteiger partial charge in [0.1, 0.15) is 0 Å². The van der Waals surface area contributed by atoms with E-state index >= 15 is 0 Å². The molecule has 0 bridgehead atoms. The van der Waals surface area contributed by atoms with E-state index in [0.29, 0.717) is 0 Å². The van der Waals surface area contributed by atoms with E-state index in [1.54, 1.807) is 0 Å². The average molecular weight is 485 g/mol. The van der Waals surface area contributed by atoms with Crippen LogP contribution >= 0.6 is 0 Å². The first-order valence-corrected chi connectivity index (χ1v) is 13.8. The SMILES string of the molecule is C1=CC2C(c3cccc4ccccc34)=c3ccccc3=C(c3cc4c(c5ccccc35)C=CCC4)C2C=C1. The molecule has 180 valence electrons. The van der Waals surface area contributed by atoms with Gasteiger partial charge in [-0.1, -0.05) is 134 Å². The van der Waals surface area contributed by atoms with E-state index in [9.17, 15) is 0 Å². The van der Waals surface area contributed by atoms with Gasteiger partial charge in [-0.25, -0.2) is 0 Å². The summed E-state index contributed by atoms with van der Waals surface area (Å²) < 4.78 is 0. The van der Waals surface area contributed by atoms with Gasteiger partial charge in [0.2, 0.25) is 0 Å². The number of benzene rings is 5. The van der Waals surface area contributed by atoms with Gasteiger partial charge < -0.3 is 0 Å². The molecule has 0 spiro atoms. The number of allylic oxidation sites excluding steroid dienone is 5. The molecule has 5 aromatic carbocycles. The average Bonchev–Trinajstić information content (AvgIpc) is 2.99. The summed E-state index contributed by atoms with van der Waals surface area (Å²) >= 11 is 0. The molecule has 2 unspecified atom stereocenters. The molecule has 0 saturated carbocycles. The molecule has 0 amide bonds. The van der Waals surface area contributed by atoms with E-state index in [1.807, 2.05) is 0 Å². The lowest BCUT2D eigenvalue weighted by molar-refractivity contribution is 0.687. The first-order chi connectivity index (χ1) is 18.9. The van der Waals surface area contributed by atoms with E-state index in [2.05, 4.69) is 134 Å². The third kappa shape index (κ3) is 3.17. The Morgan fingerprint density at radius 2 is 1.18 bits per heavy atom. The molecule has 3 aliphatic rings. The van der Waals surface area contributed by atoms with E-state index in [1.165, 1.54) is 65.4 Å². The van der Waals surface area contributed by atoms with Crippen LogP contribution in [-0.4, -0.2) is 0 Å². The molecular weight excluding hydrogens is 456 g/mol. The fourth-order valence-corrected chi connectivity index (χ4v) is 7.10. The van der Waals surface area contributed by atoms with Gasteiger partial charge in [-0.3, -0.25) is 0 Å². The lowest BCUT2D eigenvalue weighted by Crippen LogP contribution is -2.40. The third-order valence-corrected chi connectivity index (χ3v) is 8.72. The van der Waals surface area contributed by atoms with E-state index in [0.717, 1.165) is 12.8 Å². The molecule has 0 heterocycles. The van der Waals surface area contributed by atoms with Crippen molar-refractivity contribution in [3.05, 3.63) is 160 Å². The summed E-state index contributed by atoms with van der Waals surface area (Å²) in [5.41, 5.74) is 8.53. The van der Waals surface area contributed by atoms with Crippen LogP contribution < -0.4 is 10.4 Å². The minimum Gasteiger partial charge on any atom is -0.0836 e. The second-order valence-electron chi connectivity index (χ2n) is 10.7. The molecule has 0 N–H and O–H groups in total. The Bertz CT molecular complexity index is 1970. The van der Waals surface area contributed by atoms with Crippen LogP contribution in [0.3, 0.4) is 0 Å². The minimum atomic E-state index is 0.282. The summed E-state index contributed by atoms with van der Waals surface area (Å²) in [7, 11) is 0. The van der Waals surface area contributed by atoms with Gasteiger partial charge in [-0.2, -0.15) is 0 Å². The Kier molecular flexibility index (Phi) is 4.88. The zero-order valence-electron chi connectivity index (χ0n) is 21.3. The lowest BCUT2D eigenvalue weighted by Gasteiger charge is -2.34. The van der Waals surface area contributed by atoms with Gasteiger partial charge in [0.25, 0.3) is 0 Å². The molecule has 38 heavy (non-hydrogen) atoms. The van der Waals surface area contributed by atoms with Crippen molar-refractivity contribution in [2.45, 2.75) is 12.8 Å². The van der Waals surface area contributed by atoms with Gasteiger partial charge in [0.15, 0.2) is 0 Å². The number of hydrogen-bond donors (Lipinski definition) is 0. The quantitative estimate of drug-likeness (QED) is 0.241. The van der Waals surface area contributed by atoms with E-state index in [4.69, 9.17) is 0 Å². The fourth-order valence-electron chi connectivity index (χ4n) is 7.10. The van der Waals surface area contributed by atoms with Gasteiger partial charge >= 0.3 is 0 Å². The molecule has 0 nitrogen and oxygen atoms in total. The molecule has 5 aromatic rings. The smallest absolute Gasteiger partial charge is 0.0137 e. The van der Waals surface area contributed by atoms with Crippen LogP contribution in [0.5, 0.6) is 0 Å². The highest BCUT2D eigenvalue weighted by Crippen LogP contribution is 2.44. The van der Waals surface area contributed by atoms with E-state index < -0.39 is 0 Å². The molecule has 2 atom stereocenters. The van der Waals surface area contributed by atoms with Crippen molar-refractivity contribution in [1.82, 2.24) is 0 Å². The Morgan fingerprint density at radius 1 is 0.553 bits per heavy atom. The van der Waals surface area contributed by atoms with Crippen LogP contribution in [0.15, 0.2) is 127 Å². The normalized spacial score (nSPS) is 19.5. The lowest BCUT2D eigenvalue weighted by atomic mass is 9.69. The summed E-state index contributed by atoms with van der Waals surface area (Å²) in [6.45, 7) is 0. The van der Waals surface area contributed by atoms with Crippen molar-refractivity contribution in [1.29, 1.82) is 0 Å². The molecule has 8 rings (SSSR count).